The van der Waals surface area contributed by atoms with Gasteiger partial charge in [-0.15, -0.1) is 0 Å². The number of benzene rings is 1. The molecule has 80 valence electrons. The molecule has 0 aliphatic rings. The highest BCUT2D eigenvalue weighted by molar-refractivity contribution is 5.15. The van der Waals surface area contributed by atoms with E-state index in [-0.39, 0.29) is 0 Å². The minimum Gasteiger partial charge on any atom is -0.405 e. The highest BCUT2D eigenvalue weighted by Crippen LogP contribution is 2.09. The third-order valence-electron chi connectivity index (χ3n) is 2.37. The van der Waals surface area contributed by atoms with Gasteiger partial charge in [0.05, 0.1) is 0 Å². The van der Waals surface area contributed by atoms with Crippen molar-refractivity contribution in [3.05, 3.63) is 59.8 Å². The lowest BCUT2D eigenvalue weighted by Gasteiger charge is -2.01. The van der Waals surface area contributed by atoms with Crippen LogP contribution in [0.1, 0.15) is 25.3 Å². The van der Waals surface area contributed by atoms with E-state index in [1.807, 2.05) is 6.08 Å². The van der Waals surface area contributed by atoms with Crippen molar-refractivity contribution in [2.24, 2.45) is 5.73 Å². The maximum Gasteiger partial charge on any atom is -0.00624 e. The van der Waals surface area contributed by atoms with Crippen molar-refractivity contribution >= 4 is 0 Å². The molecule has 0 unspecified atom stereocenters. The molecular weight excluding hydrogens is 182 g/mol. The third-order valence-corrected chi connectivity index (χ3v) is 2.37. The maximum atomic E-state index is 5.27. The minimum atomic E-state index is 1.14. The van der Waals surface area contributed by atoms with Crippen LogP contribution in [0.2, 0.25) is 0 Å². The van der Waals surface area contributed by atoms with Gasteiger partial charge < -0.3 is 5.73 Å². The summed E-state index contributed by atoms with van der Waals surface area (Å²) < 4.78 is 0. The van der Waals surface area contributed by atoms with Crippen molar-refractivity contribution in [2.45, 2.75) is 26.2 Å². The summed E-state index contributed by atoms with van der Waals surface area (Å²) in [6.07, 6.45) is 9.02. The van der Waals surface area contributed by atoms with Gasteiger partial charge in [-0.3, -0.25) is 0 Å². The summed E-state index contributed by atoms with van der Waals surface area (Å²) in [5.41, 5.74) is 8.07. The summed E-state index contributed by atoms with van der Waals surface area (Å²) in [6.45, 7) is 2.14. The molecule has 0 bridgehead atoms. The van der Waals surface area contributed by atoms with Crippen LogP contribution < -0.4 is 5.73 Å². The SMILES string of the molecule is C/C(=C/C=C\N)CCCc1ccccc1. The summed E-state index contributed by atoms with van der Waals surface area (Å²) in [5, 5.41) is 0. The predicted octanol–water partition coefficient (Wildman–Crippen LogP) is 3.43. The van der Waals surface area contributed by atoms with Gasteiger partial charge in [0.1, 0.15) is 0 Å². The lowest BCUT2D eigenvalue weighted by Crippen LogP contribution is -1.86. The van der Waals surface area contributed by atoms with Gasteiger partial charge in [-0.2, -0.15) is 0 Å². The molecule has 0 aliphatic heterocycles. The van der Waals surface area contributed by atoms with Gasteiger partial charge in [0, 0.05) is 0 Å². The van der Waals surface area contributed by atoms with E-state index >= 15 is 0 Å². The van der Waals surface area contributed by atoms with Crippen LogP contribution in [0.4, 0.5) is 0 Å². The van der Waals surface area contributed by atoms with Crippen LogP contribution in [0.3, 0.4) is 0 Å². The molecule has 1 rings (SSSR count). The fourth-order valence-corrected chi connectivity index (χ4v) is 1.52. The van der Waals surface area contributed by atoms with Gasteiger partial charge >= 0.3 is 0 Å². The molecule has 1 heteroatoms. The summed E-state index contributed by atoms with van der Waals surface area (Å²) in [6, 6.07) is 10.6. The average Bonchev–Trinajstić information content (AvgIpc) is 2.28. The Kier molecular flexibility index (Phi) is 5.31. The Morgan fingerprint density at radius 2 is 2.00 bits per heavy atom. The predicted molar refractivity (Wildman–Crippen MR) is 66.5 cm³/mol. The summed E-state index contributed by atoms with van der Waals surface area (Å²) in [7, 11) is 0. The highest BCUT2D eigenvalue weighted by atomic mass is 14.5. The van der Waals surface area contributed by atoms with Crippen molar-refractivity contribution < 1.29 is 0 Å². The summed E-state index contributed by atoms with van der Waals surface area (Å²) in [4.78, 5) is 0. The van der Waals surface area contributed by atoms with Crippen LogP contribution >= 0.6 is 0 Å². The number of aryl methyl sites for hydroxylation is 1. The lowest BCUT2D eigenvalue weighted by molar-refractivity contribution is 0.812. The van der Waals surface area contributed by atoms with Crippen LogP contribution in [0.25, 0.3) is 0 Å². The van der Waals surface area contributed by atoms with Gasteiger partial charge in [-0.05, 0) is 44.0 Å². The van der Waals surface area contributed by atoms with Gasteiger partial charge in [0.2, 0.25) is 0 Å². The molecule has 0 saturated carbocycles. The number of rotatable bonds is 5. The second-order valence-electron chi connectivity index (χ2n) is 3.74. The molecule has 1 aromatic rings. The van der Waals surface area contributed by atoms with Crippen LogP contribution in [0.15, 0.2) is 54.3 Å². The molecule has 0 aromatic heterocycles. The van der Waals surface area contributed by atoms with E-state index in [1.165, 1.54) is 17.6 Å². The van der Waals surface area contributed by atoms with E-state index in [4.69, 9.17) is 5.73 Å². The Morgan fingerprint density at radius 3 is 2.67 bits per heavy atom. The maximum absolute atomic E-state index is 5.27. The number of nitrogens with two attached hydrogens (primary N) is 1. The average molecular weight is 201 g/mol. The van der Waals surface area contributed by atoms with Crippen molar-refractivity contribution in [3.63, 3.8) is 0 Å². The Morgan fingerprint density at radius 1 is 1.27 bits per heavy atom. The van der Waals surface area contributed by atoms with Crippen LogP contribution in [-0.4, -0.2) is 0 Å². The zero-order valence-corrected chi connectivity index (χ0v) is 9.32. The monoisotopic (exact) mass is 201 g/mol. The van der Waals surface area contributed by atoms with Crippen LogP contribution in [0.5, 0.6) is 0 Å². The van der Waals surface area contributed by atoms with E-state index in [0.717, 1.165) is 12.8 Å². The second kappa shape index (κ2) is 6.88. The van der Waals surface area contributed by atoms with Crippen LogP contribution in [0, 0.1) is 0 Å². The Balaban J connectivity index is 2.28. The van der Waals surface area contributed by atoms with Gasteiger partial charge in [-0.25, -0.2) is 0 Å². The first-order valence-electron chi connectivity index (χ1n) is 5.41. The molecule has 0 radical (unpaired) electrons. The molecule has 1 aromatic carbocycles. The Labute approximate surface area is 92.3 Å². The molecule has 2 N–H and O–H groups in total. The van der Waals surface area contributed by atoms with Crippen molar-refractivity contribution in [1.29, 1.82) is 0 Å². The van der Waals surface area contributed by atoms with E-state index in [2.05, 4.69) is 43.3 Å². The number of hydrogen-bond donors (Lipinski definition) is 1. The molecule has 0 aliphatic carbocycles. The van der Waals surface area contributed by atoms with Gasteiger partial charge in [0.15, 0.2) is 0 Å². The van der Waals surface area contributed by atoms with E-state index < -0.39 is 0 Å². The molecular formula is C14H19N. The van der Waals surface area contributed by atoms with Crippen molar-refractivity contribution in [1.82, 2.24) is 0 Å². The van der Waals surface area contributed by atoms with Crippen LogP contribution in [-0.2, 0) is 6.42 Å². The smallest absolute Gasteiger partial charge is 0.00624 e. The van der Waals surface area contributed by atoms with Crippen molar-refractivity contribution in [3.8, 4) is 0 Å². The van der Waals surface area contributed by atoms with E-state index in [0.29, 0.717) is 0 Å². The molecule has 0 amide bonds. The van der Waals surface area contributed by atoms with E-state index in [9.17, 15) is 0 Å². The minimum absolute atomic E-state index is 1.14. The Bertz CT molecular complexity index is 322. The summed E-state index contributed by atoms with van der Waals surface area (Å²) in [5.74, 6) is 0. The fourth-order valence-electron chi connectivity index (χ4n) is 1.52. The molecule has 1 nitrogen and oxygen atoms in total. The standard InChI is InChI=1S/C14H19N/c1-13(8-6-12-15)7-5-11-14-9-3-2-4-10-14/h2-4,6,8-10,12H,5,7,11,15H2,1H3/b12-6-,13-8-. The quantitative estimate of drug-likeness (QED) is 0.726. The highest BCUT2D eigenvalue weighted by Gasteiger charge is 1.92. The molecule has 0 saturated heterocycles. The Hall–Kier alpha value is -1.50. The first-order chi connectivity index (χ1) is 7.33. The molecule has 0 heterocycles. The van der Waals surface area contributed by atoms with Gasteiger partial charge in [0.25, 0.3) is 0 Å². The largest absolute Gasteiger partial charge is 0.405 e. The topological polar surface area (TPSA) is 26.0 Å². The first kappa shape index (κ1) is 11.6. The molecule has 0 fully saturated rings. The number of allylic oxidation sites excluding steroid dienone is 3. The molecule has 15 heavy (non-hydrogen) atoms. The summed E-state index contributed by atoms with van der Waals surface area (Å²) >= 11 is 0. The zero-order valence-electron chi connectivity index (χ0n) is 9.32. The molecule has 0 spiro atoms. The lowest BCUT2D eigenvalue weighted by atomic mass is 10.1. The first-order valence-corrected chi connectivity index (χ1v) is 5.41. The number of hydrogen-bond acceptors (Lipinski definition) is 1. The zero-order chi connectivity index (χ0) is 10.9. The second-order valence-corrected chi connectivity index (χ2v) is 3.74. The normalized spacial score (nSPS) is 12.2. The van der Waals surface area contributed by atoms with Gasteiger partial charge in [-0.1, -0.05) is 42.0 Å². The van der Waals surface area contributed by atoms with E-state index in [1.54, 1.807) is 6.20 Å². The third kappa shape index (κ3) is 5.06. The van der Waals surface area contributed by atoms with Crippen molar-refractivity contribution in [2.75, 3.05) is 0 Å². The fraction of sp³-hybridized carbons (Fsp3) is 0.286. The molecule has 0 atom stereocenters.